The van der Waals surface area contributed by atoms with E-state index in [0.717, 1.165) is 12.8 Å². The summed E-state index contributed by atoms with van der Waals surface area (Å²) in [6.07, 6.45) is 16.9. The molecule has 0 aromatic heterocycles. The molecule has 0 aromatic carbocycles. The summed E-state index contributed by atoms with van der Waals surface area (Å²) >= 11 is 0. The summed E-state index contributed by atoms with van der Waals surface area (Å²) in [5, 5.41) is 0. The number of unbranched alkanes of at least 4 members (excludes halogenated alkanes) is 12. The van der Waals surface area contributed by atoms with Gasteiger partial charge in [0.05, 0.1) is 92.5 Å². The molecule has 0 rings (SSSR count). The lowest BCUT2D eigenvalue weighted by Gasteiger charge is -2.24. The molecule has 0 spiro atoms. The molecule has 0 aromatic rings. The lowest BCUT2D eigenvalue weighted by Crippen LogP contribution is -2.36. The molecule has 0 heterocycles. The Morgan fingerprint density at radius 2 is 0.780 bits per heavy atom. The van der Waals surface area contributed by atoms with Gasteiger partial charge in [-0.05, 0) is 27.2 Å². The van der Waals surface area contributed by atoms with Crippen LogP contribution >= 0.6 is 0 Å². The summed E-state index contributed by atoms with van der Waals surface area (Å²) < 4.78 is 48.9. The average Bonchev–Trinajstić information content (AvgIpc) is 3.07. The Bertz CT molecular complexity index is 736. The summed E-state index contributed by atoms with van der Waals surface area (Å²) in [6, 6.07) is 0. The van der Waals surface area contributed by atoms with Gasteiger partial charge in [0, 0.05) is 20.0 Å². The maximum Gasteiger partial charge on any atom is 0.410 e. The molecule has 0 saturated carbocycles. The molecule has 0 bridgehead atoms. The number of nitrogens with zero attached hydrogens (tertiary/aromatic N) is 1. The van der Waals surface area contributed by atoms with Gasteiger partial charge in [-0.1, -0.05) is 84.0 Å². The number of carbonyl (C=O) groups excluding carboxylic acids is 2. The zero-order valence-corrected chi connectivity index (χ0v) is 32.7. The molecule has 0 N–H and O–H groups in total. The number of likely N-dealkylation sites (N-methyl/N-ethyl adjacent to an activating group) is 1. The molecule has 1 amide bonds. The molecule has 0 fully saturated rings. The fourth-order valence-corrected chi connectivity index (χ4v) is 4.63. The number of esters is 1. The first-order valence-corrected chi connectivity index (χ1v) is 19.4. The van der Waals surface area contributed by atoms with Gasteiger partial charge in [0.25, 0.3) is 0 Å². The van der Waals surface area contributed by atoms with Crippen LogP contribution in [0.25, 0.3) is 0 Å². The van der Waals surface area contributed by atoms with Crippen molar-refractivity contribution in [1.29, 1.82) is 0 Å². The Morgan fingerprint density at radius 1 is 0.460 bits per heavy atom. The highest BCUT2D eigenvalue weighted by molar-refractivity contribution is 5.69. The van der Waals surface area contributed by atoms with Crippen LogP contribution in [0.5, 0.6) is 0 Å². The molecule has 12 nitrogen and oxygen atoms in total. The van der Waals surface area contributed by atoms with Crippen molar-refractivity contribution < 1.29 is 52.2 Å². The predicted octanol–water partition coefficient (Wildman–Crippen LogP) is 6.99. The fraction of sp³-hybridized carbons (Fsp3) is 0.947. The minimum Gasteiger partial charge on any atom is -0.463 e. The first-order valence-electron chi connectivity index (χ1n) is 19.4. The average molecular weight is 722 g/mol. The van der Waals surface area contributed by atoms with E-state index in [1.165, 1.54) is 75.5 Å². The predicted molar refractivity (Wildman–Crippen MR) is 196 cm³/mol. The van der Waals surface area contributed by atoms with Crippen LogP contribution in [-0.2, 0) is 47.4 Å². The quantitative estimate of drug-likeness (QED) is 0.0485. The SMILES string of the molecule is CCCCCCCCCCCCCCCC(=O)OCCOCCOCCOCCOCCOCCOCCOCCN(C)C(=O)OC(C)(C)C. The third-order valence-electron chi connectivity index (χ3n) is 7.48. The highest BCUT2D eigenvalue weighted by Crippen LogP contribution is 2.13. The maximum atomic E-state index is 11.9. The first-order chi connectivity index (χ1) is 24.3. The van der Waals surface area contributed by atoms with E-state index in [-0.39, 0.29) is 18.7 Å². The normalized spacial score (nSPS) is 11.6. The largest absolute Gasteiger partial charge is 0.463 e. The van der Waals surface area contributed by atoms with Crippen LogP contribution in [0.4, 0.5) is 4.79 Å². The topological polar surface area (TPSA) is 120 Å². The summed E-state index contributed by atoms with van der Waals surface area (Å²) in [7, 11) is 1.68. The van der Waals surface area contributed by atoms with E-state index < -0.39 is 5.60 Å². The van der Waals surface area contributed by atoms with Crippen molar-refractivity contribution in [2.45, 2.75) is 123 Å². The summed E-state index contributed by atoms with van der Waals surface area (Å²) in [5.41, 5.74) is -0.510. The molecule has 50 heavy (non-hydrogen) atoms. The van der Waals surface area contributed by atoms with Crippen LogP contribution in [-0.4, -0.2) is 135 Å². The van der Waals surface area contributed by atoms with E-state index in [4.69, 9.17) is 42.6 Å². The Kier molecular flexibility index (Phi) is 36.1. The van der Waals surface area contributed by atoms with Crippen LogP contribution in [0.2, 0.25) is 0 Å². The van der Waals surface area contributed by atoms with Gasteiger partial charge in [-0.2, -0.15) is 0 Å². The van der Waals surface area contributed by atoms with Gasteiger partial charge in [0.2, 0.25) is 0 Å². The van der Waals surface area contributed by atoms with Gasteiger partial charge in [-0.3, -0.25) is 4.79 Å². The monoisotopic (exact) mass is 722 g/mol. The third-order valence-corrected chi connectivity index (χ3v) is 7.48. The number of hydrogen-bond donors (Lipinski definition) is 0. The molecule has 0 saturated heterocycles. The summed E-state index contributed by atoms with van der Waals surface area (Å²) in [4.78, 5) is 25.2. The van der Waals surface area contributed by atoms with Crippen molar-refractivity contribution in [3.05, 3.63) is 0 Å². The zero-order chi connectivity index (χ0) is 36.8. The van der Waals surface area contributed by atoms with Gasteiger partial charge < -0.3 is 47.5 Å². The lowest BCUT2D eigenvalue weighted by atomic mass is 10.0. The standard InChI is InChI=1S/C38H75NO11/c1-6-7-8-9-10-11-12-13-14-15-16-17-18-19-36(40)49-35-34-48-33-32-47-31-30-46-29-28-45-27-26-44-25-24-43-23-22-42-21-20-39(5)37(41)50-38(2,3)4/h6-35H2,1-5H3. The first kappa shape index (κ1) is 48.5. The zero-order valence-electron chi connectivity index (χ0n) is 32.7. The van der Waals surface area contributed by atoms with Crippen molar-refractivity contribution in [1.82, 2.24) is 4.90 Å². The van der Waals surface area contributed by atoms with E-state index in [1.54, 1.807) is 7.05 Å². The molecular formula is C38H75NO11. The molecule has 0 unspecified atom stereocenters. The van der Waals surface area contributed by atoms with Crippen LogP contribution in [0.15, 0.2) is 0 Å². The van der Waals surface area contributed by atoms with Gasteiger partial charge in [-0.15, -0.1) is 0 Å². The van der Waals surface area contributed by atoms with Gasteiger partial charge in [0.1, 0.15) is 12.2 Å². The van der Waals surface area contributed by atoms with E-state index >= 15 is 0 Å². The highest BCUT2D eigenvalue weighted by Gasteiger charge is 2.19. The second-order valence-corrected chi connectivity index (χ2v) is 13.4. The van der Waals surface area contributed by atoms with Crippen molar-refractivity contribution >= 4 is 12.1 Å². The van der Waals surface area contributed by atoms with E-state index in [9.17, 15) is 9.59 Å². The van der Waals surface area contributed by atoms with E-state index in [0.29, 0.717) is 105 Å². The molecular weight excluding hydrogens is 646 g/mol. The summed E-state index contributed by atoms with van der Waals surface area (Å²) in [6.45, 7) is 15.0. The van der Waals surface area contributed by atoms with E-state index in [1.807, 2.05) is 20.8 Å². The molecule has 298 valence electrons. The maximum absolute atomic E-state index is 11.9. The summed E-state index contributed by atoms with van der Waals surface area (Å²) in [5.74, 6) is -0.135. The van der Waals surface area contributed by atoms with Crippen LogP contribution in [0.3, 0.4) is 0 Å². The van der Waals surface area contributed by atoms with Crippen molar-refractivity contribution in [3.8, 4) is 0 Å². The van der Waals surface area contributed by atoms with Gasteiger partial charge >= 0.3 is 12.1 Å². The molecule has 0 aliphatic rings. The Labute approximate surface area is 304 Å². The number of ether oxygens (including phenoxy) is 9. The molecule has 0 aliphatic heterocycles. The Hall–Kier alpha value is -1.54. The minimum atomic E-state index is -0.510. The van der Waals surface area contributed by atoms with Gasteiger partial charge in [-0.25, -0.2) is 4.79 Å². The molecule has 0 radical (unpaired) electrons. The molecule has 0 atom stereocenters. The smallest absolute Gasteiger partial charge is 0.410 e. The second-order valence-electron chi connectivity index (χ2n) is 13.4. The van der Waals surface area contributed by atoms with Crippen LogP contribution in [0, 0.1) is 0 Å². The third kappa shape index (κ3) is 39.2. The van der Waals surface area contributed by atoms with Crippen LogP contribution in [0.1, 0.15) is 118 Å². The molecule has 0 aliphatic carbocycles. The van der Waals surface area contributed by atoms with Crippen LogP contribution < -0.4 is 0 Å². The Balaban J connectivity index is 3.21. The number of amides is 1. The Morgan fingerprint density at radius 3 is 1.14 bits per heavy atom. The second kappa shape index (κ2) is 37.2. The number of rotatable bonds is 38. The van der Waals surface area contributed by atoms with Gasteiger partial charge in [0.15, 0.2) is 0 Å². The lowest BCUT2D eigenvalue weighted by molar-refractivity contribution is -0.145. The van der Waals surface area contributed by atoms with E-state index in [2.05, 4.69) is 6.92 Å². The van der Waals surface area contributed by atoms with Crippen molar-refractivity contribution in [2.75, 3.05) is 113 Å². The van der Waals surface area contributed by atoms with Crippen molar-refractivity contribution in [2.24, 2.45) is 0 Å². The number of hydrogen-bond acceptors (Lipinski definition) is 11. The molecule has 12 heteroatoms. The number of carbonyl (C=O) groups is 2. The highest BCUT2D eigenvalue weighted by atomic mass is 16.6. The minimum absolute atomic E-state index is 0.135. The van der Waals surface area contributed by atoms with Crippen molar-refractivity contribution in [3.63, 3.8) is 0 Å². The fourth-order valence-electron chi connectivity index (χ4n) is 4.63.